The zero-order valence-corrected chi connectivity index (χ0v) is 18.4. The van der Waals surface area contributed by atoms with E-state index in [4.69, 9.17) is 11.6 Å². The molecule has 2 N–H and O–H groups in total. The normalized spacial score (nSPS) is 17.7. The molecule has 0 saturated carbocycles. The largest absolute Gasteiger partial charge is 0.390 e. The molecule has 0 radical (unpaired) electrons. The van der Waals surface area contributed by atoms with Crippen LogP contribution in [0.4, 0.5) is 13.2 Å². The Bertz CT molecular complexity index is 1180. The highest BCUT2D eigenvalue weighted by Crippen LogP contribution is 2.37. The Balaban J connectivity index is 1.71. The van der Waals surface area contributed by atoms with Crippen LogP contribution in [0.2, 0.25) is 5.15 Å². The maximum atomic E-state index is 12.6. The maximum Gasteiger partial charge on any atom is 0.390 e. The number of aromatic nitrogens is 4. The molecule has 3 aromatic heterocycles. The van der Waals surface area contributed by atoms with E-state index in [0.29, 0.717) is 23.9 Å². The second-order valence-corrected chi connectivity index (χ2v) is 8.90. The lowest BCUT2D eigenvalue weighted by molar-refractivity contribution is -0.137. The first-order chi connectivity index (χ1) is 15.0. The van der Waals surface area contributed by atoms with E-state index < -0.39 is 18.2 Å². The molecule has 3 aromatic rings. The van der Waals surface area contributed by atoms with Crippen molar-refractivity contribution in [3.63, 3.8) is 0 Å². The summed E-state index contributed by atoms with van der Waals surface area (Å²) in [6.07, 6.45) is 1.13. The van der Waals surface area contributed by atoms with Gasteiger partial charge >= 0.3 is 6.18 Å². The van der Waals surface area contributed by atoms with Gasteiger partial charge in [0.25, 0.3) is 0 Å². The Morgan fingerprint density at radius 1 is 1.31 bits per heavy atom. The first kappa shape index (κ1) is 22.6. The van der Waals surface area contributed by atoms with Crippen molar-refractivity contribution in [2.45, 2.75) is 44.5 Å². The van der Waals surface area contributed by atoms with Crippen molar-refractivity contribution in [3.05, 3.63) is 35.5 Å². The number of hydrogen-bond donors (Lipinski definition) is 2. The van der Waals surface area contributed by atoms with Crippen molar-refractivity contribution in [2.75, 3.05) is 19.6 Å². The molecule has 0 aliphatic carbocycles. The Labute approximate surface area is 188 Å². The lowest BCUT2D eigenvalue weighted by atomic mass is 10.1. The van der Waals surface area contributed by atoms with Crippen LogP contribution in [0.3, 0.4) is 0 Å². The molecule has 6 nitrogen and oxygen atoms in total. The molecule has 1 atom stereocenters. The number of aliphatic hydroxyl groups is 1. The van der Waals surface area contributed by atoms with Gasteiger partial charge in [0.05, 0.1) is 18.1 Å². The van der Waals surface area contributed by atoms with E-state index in [1.54, 1.807) is 26.2 Å². The summed E-state index contributed by atoms with van der Waals surface area (Å²) in [7, 11) is 0. The summed E-state index contributed by atoms with van der Waals surface area (Å²) in [5.74, 6) is 5.64. The second-order valence-electron chi connectivity index (χ2n) is 8.54. The monoisotopic (exact) mass is 465 g/mol. The molecule has 4 rings (SSSR count). The van der Waals surface area contributed by atoms with Gasteiger partial charge in [-0.25, -0.2) is 4.98 Å². The molecule has 4 heterocycles. The predicted molar refractivity (Wildman–Crippen MR) is 116 cm³/mol. The lowest BCUT2D eigenvalue weighted by Crippen LogP contribution is -2.26. The van der Waals surface area contributed by atoms with Crippen LogP contribution in [0.25, 0.3) is 22.0 Å². The van der Waals surface area contributed by atoms with Crippen molar-refractivity contribution < 1.29 is 18.3 Å². The summed E-state index contributed by atoms with van der Waals surface area (Å²) in [5, 5.41) is 17.8. The smallest absolute Gasteiger partial charge is 0.378 e. The van der Waals surface area contributed by atoms with Crippen LogP contribution in [-0.4, -0.2) is 61.2 Å². The highest BCUT2D eigenvalue weighted by Gasteiger charge is 2.31. The summed E-state index contributed by atoms with van der Waals surface area (Å²) >= 11 is 6.27. The first-order valence-corrected chi connectivity index (χ1v) is 10.6. The number of H-pyrrole nitrogens is 1. The number of nitrogens with zero attached hydrogens (tertiary/aromatic N) is 4. The number of aromatic amines is 1. The Morgan fingerprint density at radius 3 is 2.75 bits per heavy atom. The van der Waals surface area contributed by atoms with E-state index in [2.05, 4.69) is 31.6 Å². The SMILES string of the molecule is CC(C)(O)C#Cc1cc2c(-c3c[nH]nc3Cl)cn([C@H]3CCN(CCC(F)(F)F)C3)c2cn1. The molecule has 1 fully saturated rings. The van der Waals surface area contributed by atoms with E-state index in [1.807, 2.05) is 17.2 Å². The van der Waals surface area contributed by atoms with Gasteiger partial charge in [-0.3, -0.25) is 5.10 Å². The third kappa shape index (κ3) is 5.09. The Kier molecular flexibility index (Phi) is 5.96. The molecule has 1 saturated heterocycles. The summed E-state index contributed by atoms with van der Waals surface area (Å²) in [5.41, 5.74) is 1.74. The number of alkyl halides is 3. The minimum atomic E-state index is -4.16. The number of hydrogen-bond acceptors (Lipinski definition) is 4. The van der Waals surface area contributed by atoms with Crippen molar-refractivity contribution in [1.29, 1.82) is 0 Å². The highest BCUT2D eigenvalue weighted by atomic mass is 35.5. The molecule has 1 aliphatic rings. The van der Waals surface area contributed by atoms with E-state index in [9.17, 15) is 18.3 Å². The van der Waals surface area contributed by atoms with E-state index in [1.165, 1.54) is 0 Å². The molecule has 0 aromatic carbocycles. The molecule has 0 bridgehead atoms. The topological polar surface area (TPSA) is 70.0 Å². The number of halogens is 4. The van der Waals surface area contributed by atoms with Gasteiger partial charge in [-0.05, 0) is 32.3 Å². The van der Waals surface area contributed by atoms with Crippen LogP contribution in [-0.2, 0) is 0 Å². The fraction of sp³-hybridized carbons (Fsp3) is 0.455. The standard InChI is InChI=1S/C22H23ClF3N5O/c1-21(2,32)5-3-14-9-16-18(17-10-28-29-20(17)23)13-31(19(16)11-27-14)15-4-7-30(12-15)8-6-22(24,25)26/h9-11,13,15,32H,4,6-8,12H2,1-2H3,(H,28,29)/t15-/m0/s1. The summed E-state index contributed by atoms with van der Waals surface area (Å²) in [4.78, 5) is 6.26. The number of rotatable bonds is 4. The highest BCUT2D eigenvalue weighted by molar-refractivity contribution is 6.32. The lowest BCUT2D eigenvalue weighted by Gasteiger charge is -2.18. The average Bonchev–Trinajstić information content (AvgIpc) is 3.41. The molecule has 32 heavy (non-hydrogen) atoms. The van der Waals surface area contributed by atoms with Crippen molar-refractivity contribution >= 4 is 22.5 Å². The number of nitrogens with one attached hydrogen (secondary N) is 1. The summed E-state index contributed by atoms with van der Waals surface area (Å²) < 4.78 is 39.9. The average molecular weight is 466 g/mol. The minimum Gasteiger partial charge on any atom is -0.378 e. The molecule has 170 valence electrons. The van der Waals surface area contributed by atoms with E-state index in [0.717, 1.165) is 28.5 Å². The van der Waals surface area contributed by atoms with Crippen LogP contribution >= 0.6 is 11.6 Å². The molecular weight excluding hydrogens is 443 g/mol. The third-order valence-corrected chi connectivity index (χ3v) is 5.74. The van der Waals surface area contributed by atoms with Crippen LogP contribution < -0.4 is 0 Å². The van der Waals surface area contributed by atoms with Crippen LogP contribution in [0.1, 0.15) is 38.4 Å². The quantitative estimate of drug-likeness (QED) is 0.560. The zero-order valence-electron chi connectivity index (χ0n) is 17.7. The van der Waals surface area contributed by atoms with Gasteiger partial charge in [0, 0.05) is 54.6 Å². The van der Waals surface area contributed by atoms with Gasteiger partial charge in [-0.1, -0.05) is 17.5 Å². The van der Waals surface area contributed by atoms with Gasteiger partial charge in [-0.2, -0.15) is 18.3 Å². The fourth-order valence-electron chi connectivity index (χ4n) is 3.94. The fourth-order valence-corrected chi connectivity index (χ4v) is 4.14. The Hall–Kier alpha value is -2.54. The van der Waals surface area contributed by atoms with Crippen LogP contribution in [0, 0.1) is 11.8 Å². The van der Waals surface area contributed by atoms with Crippen LogP contribution in [0.5, 0.6) is 0 Å². The van der Waals surface area contributed by atoms with Gasteiger partial charge in [0.2, 0.25) is 0 Å². The zero-order chi connectivity index (χ0) is 23.1. The van der Waals surface area contributed by atoms with Gasteiger partial charge < -0.3 is 14.6 Å². The molecule has 0 unspecified atom stereocenters. The second kappa shape index (κ2) is 8.43. The molecule has 1 aliphatic heterocycles. The molecule has 10 heteroatoms. The van der Waals surface area contributed by atoms with Gasteiger partial charge in [0.1, 0.15) is 11.3 Å². The van der Waals surface area contributed by atoms with Crippen molar-refractivity contribution in [3.8, 4) is 23.0 Å². The minimum absolute atomic E-state index is 0.00541. The molecule has 0 spiro atoms. The van der Waals surface area contributed by atoms with Crippen molar-refractivity contribution in [2.24, 2.45) is 0 Å². The van der Waals surface area contributed by atoms with E-state index >= 15 is 0 Å². The van der Waals surface area contributed by atoms with Gasteiger partial charge in [-0.15, -0.1) is 0 Å². The maximum absolute atomic E-state index is 12.6. The molecular formula is C22H23ClF3N5O. The third-order valence-electron chi connectivity index (χ3n) is 5.45. The van der Waals surface area contributed by atoms with E-state index in [-0.39, 0.29) is 12.6 Å². The van der Waals surface area contributed by atoms with Crippen LogP contribution in [0.15, 0.2) is 24.7 Å². The van der Waals surface area contributed by atoms with Gasteiger partial charge in [0.15, 0.2) is 5.15 Å². The van der Waals surface area contributed by atoms with Crippen molar-refractivity contribution in [1.82, 2.24) is 24.6 Å². The molecule has 0 amide bonds. The summed E-state index contributed by atoms with van der Waals surface area (Å²) in [6, 6.07) is 1.85. The number of fused-ring (bicyclic) bond motifs is 1. The summed E-state index contributed by atoms with van der Waals surface area (Å²) in [6.45, 7) is 4.31. The number of pyridine rings is 1. The Morgan fingerprint density at radius 2 is 2.09 bits per heavy atom. The number of likely N-dealkylation sites (tertiary alicyclic amines) is 1. The first-order valence-electron chi connectivity index (χ1n) is 10.2. The predicted octanol–water partition coefficient (Wildman–Crippen LogP) is 4.40.